The lowest BCUT2D eigenvalue weighted by molar-refractivity contribution is 0.190. The Hall–Kier alpha value is -1.55. The van der Waals surface area contributed by atoms with Gasteiger partial charge in [-0.3, -0.25) is 4.90 Å². The zero-order chi connectivity index (χ0) is 12.5. The molecule has 1 aromatic heterocycles. The maximum absolute atomic E-state index is 5.73. The van der Waals surface area contributed by atoms with Gasteiger partial charge in [0.05, 0.1) is 6.54 Å². The van der Waals surface area contributed by atoms with E-state index in [0.717, 1.165) is 41.7 Å². The molecule has 96 valence electrons. The molecule has 0 amide bonds. The average molecular weight is 245 g/mol. The molecule has 2 N–H and O–H groups in total. The van der Waals surface area contributed by atoms with E-state index in [1.807, 2.05) is 18.2 Å². The summed E-state index contributed by atoms with van der Waals surface area (Å²) < 4.78 is 5.72. The Labute approximate surface area is 107 Å². The van der Waals surface area contributed by atoms with Crippen molar-refractivity contribution in [2.24, 2.45) is 5.92 Å². The van der Waals surface area contributed by atoms with Crippen LogP contribution in [-0.2, 0) is 6.54 Å². The van der Waals surface area contributed by atoms with Crippen molar-refractivity contribution < 1.29 is 4.42 Å². The van der Waals surface area contributed by atoms with Crippen LogP contribution in [0.2, 0.25) is 0 Å². The molecule has 1 aliphatic rings. The van der Waals surface area contributed by atoms with Crippen molar-refractivity contribution in [3.63, 3.8) is 0 Å². The SMILES string of the molecule is CN(Cc1nc2cc(N)ccc2o1)CC1CCC1. The highest BCUT2D eigenvalue weighted by atomic mass is 16.3. The number of fused-ring (bicyclic) bond motifs is 1. The minimum atomic E-state index is 0.727. The fourth-order valence-corrected chi connectivity index (χ4v) is 2.47. The molecule has 4 heteroatoms. The number of anilines is 1. The number of rotatable bonds is 4. The summed E-state index contributed by atoms with van der Waals surface area (Å²) in [7, 11) is 2.13. The van der Waals surface area contributed by atoms with Gasteiger partial charge in [0, 0.05) is 12.2 Å². The van der Waals surface area contributed by atoms with Gasteiger partial charge in [0.2, 0.25) is 5.89 Å². The third-order valence-corrected chi connectivity index (χ3v) is 3.66. The Morgan fingerprint density at radius 3 is 3.00 bits per heavy atom. The number of hydrogen-bond acceptors (Lipinski definition) is 4. The van der Waals surface area contributed by atoms with Crippen LogP contribution in [0.15, 0.2) is 22.6 Å². The van der Waals surface area contributed by atoms with Gasteiger partial charge in [0.1, 0.15) is 5.52 Å². The fraction of sp³-hybridized carbons (Fsp3) is 0.500. The molecule has 0 atom stereocenters. The Morgan fingerprint density at radius 1 is 1.44 bits per heavy atom. The minimum Gasteiger partial charge on any atom is -0.439 e. The Bertz CT molecular complexity index is 545. The largest absolute Gasteiger partial charge is 0.439 e. The summed E-state index contributed by atoms with van der Waals surface area (Å²) in [5, 5.41) is 0. The van der Waals surface area contributed by atoms with E-state index in [2.05, 4.69) is 16.9 Å². The van der Waals surface area contributed by atoms with Crippen molar-refractivity contribution in [2.75, 3.05) is 19.3 Å². The van der Waals surface area contributed by atoms with Gasteiger partial charge in [0.25, 0.3) is 0 Å². The molecule has 2 aromatic rings. The van der Waals surface area contributed by atoms with Gasteiger partial charge in [-0.25, -0.2) is 4.98 Å². The fourth-order valence-electron chi connectivity index (χ4n) is 2.47. The first-order valence-corrected chi connectivity index (χ1v) is 6.54. The van der Waals surface area contributed by atoms with Crippen LogP contribution < -0.4 is 5.73 Å². The van der Waals surface area contributed by atoms with Gasteiger partial charge >= 0.3 is 0 Å². The molecule has 1 fully saturated rings. The molecule has 3 rings (SSSR count). The summed E-state index contributed by atoms with van der Waals surface area (Å²) in [6, 6.07) is 5.58. The van der Waals surface area contributed by atoms with Crippen molar-refractivity contribution in [3.8, 4) is 0 Å². The van der Waals surface area contributed by atoms with Crippen LogP contribution in [0.4, 0.5) is 5.69 Å². The summed E-state index contributed by atoms with van der Waals surface area (Å²) in [6.45, 7) is 1.91. The number of oxazole rings is 1. The molecular formula is C14H19N3O. The third-order valence-electron chi connectivity index (χ3n) is 3.66. The molecule has 0 radical (unpaired) electrons. The molecule has 0 saturated heterocycles. The van der Waals surface area contributed by atoms with Crippen LogP contribution >= 0.6 is 0 Å². The van der Waals surface area contributed by atoms with Crippen LogP contribution in [0.25, 0.3) is 11.1 Å². The average Bonchev–Trinajstić information content (AvgIpc) is 2.65. The Kier molecular flexibility index (Phi) is 2.96. The Morgan fingerprint density at radius 2 is 2.28 bits per heavy atom. The number of benzene rings is 1. The predicted molar refractivity (Wildman–Crippen MR) is 72.1 cm³/mol. The van der Waals surface area contributed by atoms with Gasteiger partial charge in [-0.15, -0.1) is 0 Å². The van der Waals surface area contributed by atoms with Crippen LogP contribution in [0, 0.1) is 5.92 Å². The highest BCUT2D eigenvalue weighted by molar-refractivity contribution is 5.76. The second-order valence-electron chi connectivity index (χ2n) is 5.33. The zero-order valence-corrected chi connectivity index (χ0v) is 10.7. The maximum Gasteiger partial charge on any atom is 0.209 e. The summed E-state index contributed by atoms with van der Waals surface area (Å²) in [4.78, 5) is 6.77. The molecule has 0 unspecified atom stereocenters. The number of nitrogens with two attached hydrogens (primary N) is 1. The van der Waals surface area contributed by atoms with E-state index in [0.29, 0.717) is 0 Å². The number of nitrogen functional groups attached to an aromatic ring is 1. The molecule has 0 spiro atoms. The smallest absolute Gasteiger partial charge is 0.209 e. The quantitative estimate of drug-likeness (QED) is 0.841. The minimum absolute atomic E-state index is 0.727. The molecule has 18 heavy (non-hydrogen) atoms. The summed E-state index contributed by atoms with van der Waals surface area (Å²) >= 11 is 0. The van der Waals surface area contributed by atoms with Crippen LogP contribution in [0.3, 0.4) is 0 Å². The Balaban J connectivity index is 1.69. The second kappa shape index (κ2) is 4.61. The van der Waals surface area contributed by atoms with Crippen molar-refractivity contribution in [3.05, 3.63) is 24.1 Å². The summed E-state index contributed by atoms with van der Waals surface area (Å²) in [5.41, 5.74) is 8.13. The van der Waals surface area contributed by atoms with E-state index in [9.17, 15) is 0 Å². The van der Waals surface area contributed by atoms with Gasteiger partial charge in [-0.1, -0.05) is 6.42 Å². The lowest BCUT2D eigenvalue weighted by Crippen LogP contribution is -2.29. The molecule has 1 aliphatic carbocycles. The van der Waals surface area contributed by atoms with Gasteiger partial charge in [0.15, 0.2) is 5.58 Å². The molecule has 1 saturated carbocycles. The van der Waals surface area contributed by atoms with Crippen molar-refractivity contribution in [1.82, 2.24) is 9.88 Å². The molecular weight excluding hydrogens is 226 g/mol. The van der Waals surface area contributed by atoms with Gasteiger partial charge < -0.3 is 10.2 Å². The predicted octanol–water partition coefficient (Wildman–Crippen LogP) is 2.64. The maximum atomic E-state index is 5.73. The van der Waals surface area contributed by atoms with E-state index in [4.69, 9.17) is 10.2 Å². The summed E-state index contributed by atoms with van der Waals surface area (Å²) in [5.74, 6) is 1.65. The van der Waals surface area contributed by atoms with Crippen LogP contribution in [-0.4, -0.2) is 23.5 Å². The normalized spacial score (nSPS) is 16.3. The van der Waals surface area contributed by atoms with E-state index >= 15 is 0 Å². The van der Waals surface area contributed by atoms with E-state index in [-0.39, 0.29) is 0 Å². The molecule has 0 bridgehead atoms. The van der Waals surface area contributed by atoms with Gasteiger partial charge in [-0.2, -0.15) is 0 Å². The molecule has 0 aliphatic heterocycles. The van der Waals surface area contributed by atoms with Crippen molar-refractivity contribution in [1.29, 1.82) is 0 Å². The second-order valence-corrected chi connectivity index (χ2v) is 5.33. The number of hydrogen-bond donors (Lipinski definition) is 1. The van der Waals surface area contributed by atoms with Crippen molar-refractivity contribution >= 4 is 16.8 Å². The first kappa shape index (κ1) is 11.5. The monoisotopic (exact) mass is 245 g/mol. The number of nitrogens with zero attached hydrogens (tertiary/aromatic N) is 2. The van der Waals surface area contributed by atoms with E-state index < -0.39 is 0 Å². The summed E-state index contributed by atoms with van der Waals surface area (Å²) in [6.07, 6.45) is 4.13. The van der Waals surface area contributed by atoms with Crippen molar-refractivity contribution in [2.45, 2.75) is 25.8 Å². The molecule has 4 nitrogen and oxygen atoms in total. The van der Waals surface area contributed by atoms with Crippen LogP contribution in [0.1, 0.15) is 25.2 Å². The number of aromatic nitrogens is 1. The first-order chi connectivity index (χ1) is 8.70. The molecule has 1 heterocycles. The third kappa shape index (κ3) is 2.34. The lowest BCUT2D eigenvalue weighted by Gasteiger charge is -2.29. The highest BCUT2D eigenvalue weighted by Gasteiger charge is 2.19. The highest BCUT2D eigenvalue weighted by Crippen LogP contribution is 2.27. The van der Waals surface area contributed by atoms with Crippen LogP contribution in [0.5, 0.6) is 0 Å². The van der Waals surface area contributed by atoms with Gasteiger partial charge in [-0.05, 0) is 44.0 Å². The molecule has 1 aromatic carbocycles. The topological polar surface area (TPSA) is 55.3 Å². The van der Waals surface area contributed by atoms with E-state index in [1.54, 1.807) is 0 Å². The lowest BCUT2D eigenvalue weighted by atomic mass is 9.85. The first-order valence-electron chi connectivity index (χ1n) is 6.54. The van der Waals surface area contributed by atoms with E-state index in [1.165, 1.54) is 19.3 Å². The zero-order valence-electron chi connectivity index (χ0n) is 10.7. The standard InChI is InChI=1S/C14H19N3O/c1-17(8-10-3-2-4-10)9-14-16-12-7-11(15)5-6-13(12)18-14/h5-7,10H,2-4,8-9,15H2,1H3.